The molecule has 31 heavy (non-hydrogen) atoms. The first-order chi connectivity index (χ1) is 14.8. The third-order valence-corrected chi connectivity index (χ3v) is 7.78. The van der Waals surface area contributed by atoms with E-state index >= 15 is 0 Å². The molecular formula is C28H26O2S. The molecule has 3 heteroatoms. The lowest BCUT2D eigenvalue weighted by molar-refractivity contribution is 0.595. The van der Waals surface area contributed by atoms with E-state index in [2.05, 4.69) is 0 Å². The standard InChI is InChI=1S/C28H26O2S/c1-19-9-5-13-23(17-19)25-15-7-11-21(3)27(25)31(29,30)28-22(4)12-8-16-26(28)24-14-6-10-20(2)18-24/h5-18H,1-4H3. The van der Waals surface area contributed by atoms with E-state index in [-0.39, 0.29) is 0 Å². The lowest BCUT2D eigenvalue weighted by Gasteiger charge is -2.18. The zero-order valence-electron chi connectivity index (χ0n) is 18.3. The Kier molecular flexibility index (Phi) is 5.55. The monoisotopic (exact) mass is 426 g/mol. The summed E-state index contributed by atoms with van der Waals surface area (Å²) in [5.74, 6) is 0. The van der Waals surface area contributed by atoms with Gasteiger partial charge >= 0.3 is 0 Å². The lowest BCUT2D eigenvalue weighted by Crippen LogP contribution is -2.10. The summed E-state index contributed by atoms with van der Waals surface area (Å²) in [4.78, 5) is 0.757. The highest BCUT2D eigenvalue weighted by Gasteiger charge is 2.28. The molecular weight excluding hydrogens is 400 g/mol. The Hall–Kier alpha value is -3.17. The van der Waals surface area contributed by atoms with Crippen molar-refractivity contribution in [1.82, 2.24) is 0 Å². The van der Waals surface area contributed by atoms with Crippen LogP contribution in [-0.2, 0) is 9.84 Å². The topological polar surface area (TPSA) is 34.1 Å². The van der Waals surface area contributed by atoms with Crippen LogP contribution in [0.4, 0.5) is 0 Å². The van der Waals surface area contributed by atoms with Crippen molar-refractivity contribution >= 4 is 9.84 Å². The van der Waals surface area contributed by atoms with Crippen molar-refractivity contribution in [2.45, 2.75) is 37.5 Å². The first-order valence-electron chi connectivity index (χ1n) is 10.4. The Balaban J connectivity index is 2.03. The van der Waals surface area contributed by atoms with Gasteiger partial charge in [0.25, 0.3) is 0 Å². The molecule has 4 aromatic carbocycles. The van der Waals surface area contributed by atoms with Gasteiger partial charge in [0, 0.05) is 11.1 Å². The van der Waals surface area contributed by atoms with E-state index < -0.39 is 9.84 Å². The summed E-state index contributed by atoms with van der Waals surface area (Å²) in [5, 5.41) is 0. The van der Waals surface area contributed by atoms with Crippen molar-refractivity contribution in [3.8, 4) is 22.3 Å². The van der Waals surface area contributed by atoms with E-state index in [0.717, 1.165) is 44.5 Å². The minimum absolute atomic E-state index is 0.379. The lowest BCUT2D eigenvalue weighted by atomic mass is 10.0. The van der Waals surface area contributed by atoms with Gasteiger partial charge in [-0.05, 0) is 49.9 Å². The fourth-order valence-electron chi connectivity index (χ4n) is 4.20. The van der Waals surface area contributed by atoms with Gasteiger partial charge in [-0.15, -0.1) is 0 Å². The summed E-state index contributed by atoms with van der Waals surface area (Å²) in [6.45, 7) is 7.78. The average Bonchev–Trinajstić information content (AvgIpc) is 2.73. The molecule has 156 valence electrons. The maximum atomic E-state index is 14.2. The number of benzene rings is 4. The molecule has 2 nitrogen and oxygen atoms in total. The van der Waals surface area contributed by atoms with E-state index in [1.807, 2.05) is 113 Å². The SMILES string of the molecule is Cc1cccc(-c2cccc(C)c2S(=O)(=O)c2c(C)cccc2-c2cccc(C)c2)c1. The molecule has 0 bridgehead atoms. The second kappa shape index (κ2) is 8.16. The van der Waals surface area contributed by atoms with E-state index in [1.165, 1.54) is 0 Å². The van der Waals surface area contributed by atoms with Crippen molar-refractivity contribution in [3.63, 3.8) is 0 Å². The number of sulfone groups is 1. The van der Waals surface area contributed by atoms with Crippen LogP contribution in [-0.4, -0.2) is 8.42 Å². The van der Waals surface area contributed by atoms with Gasteiger partial charge in [-0.3, -0.25) is 0 Å². The molecule has 0 aliphatic heterocycles. The normalized spacial score (nSPS) is 11.5. The smallest absolute Gasteiger partial charge is 0.208 e. The molecule has 0 radical (unpaired) electrons. The van der Waals surface area contributed by atoms with Crippen LogP contribution >= 0.6 is 0 Å². The van der Waals surface area contributed by atoms with Crippen molar-refractivity contribution < 1.29 is 8.42 Å². The van der Waals surface area contributed by atoms with Crippen LogP contribution in [0.2, 0.25) is 0 Å². The molecule has 0 aliphatic carbocycles. The van der Waals surface area contributed by atoms with Gasteiger partial charge in [-0.25, -0.2) is 8.42 Å². The van der Waals surface area contributed by atoms with Crippen LogP contribution in [0, 0.1) is 27.7 Å². The Morgan fingerprint density at radius 1 is 0.516 bits per heavy atom. The highest BCUT2D eigenvalue weighted by molar-refractivity contribution is 7.92. The molecule has 4 rings (SSSR count). The van der Waals surface area contributed by atoms with Crippen LogP contribution in [0.5, 0.6) is 0 Å². The summed E-state index contributed by atoms with van der Waals surface area (Å²) in [5.41, 5.74) is 6.98. The van der Waals surface area contributed by atoms with Gasteiger partial charge in [0.1, 0.15) is 0 Å². The van der Waals surface area contributed by atoms with Gasteiger partial charge in [0.05, 0.1) is 9.79 Å². The number of aryl methyl sites for hydroxylation is 4. The third-order valence-electron chi connectivity index (χ3n) is 5.62. The largest absolute Gasteiger partial charge is 0.218 e. The Morgan fingerprint density at radius 3 is 1.29 bits per heavy atom. The number of hydrogen-bond acceptors (Lipinski definition) is 2. The fraction of sp³-hybridized carbons (Fsp3) is 0.143. The average molecular weight is 427 g/mol. The van der Waals surface area contributed by atoms with Crippen molar-refractivity contribution in [2.24, 2.45) is 0 Å². The zero-order valence-corrected chi connectivity index (χ0v) is 19.1. The molecule has 0 unspecified atom stereocenters. The molecule has 4 aromatic rings. The number of hydrogen-bond donors (Lipinski definition) is 0. The molecule has 0 saturated heterocycles. The zero-order chi connectivity index (χ0) is 22.2. The Labute approximate surface area is 185 Å². The first-order valence-corrected chi connectivity index (χ1v) is 11.9. The van der Waals surface area contributed by atoms with Crippen molar-refractivity contribution in [3.05, 3.63) is 107 Å². The molecule has 0 atom stereocenters. The van der Waals surface area contributed by atoms with Crippen molar-refractivity contribution in [1.29, 1.82) is 0 Å². The predicted octanol–water partition coefficient (Wildman–Crippen LogP) is 7.09. The maximum Gasteiger partial charge on any atom is 0.208 e. The molecule has 0 amide bonds. The fourth-order valence-corrected chi connectivity index (χ4v) is 6.34. The Bertz CT molecular complexity index is 1280. The van der Waals surface area contributed by atoms with Crippen LogP contribution in [0.15, 0.2) is 94.7 Å². The predicted molar refractivity (Wildman–Crippen MR) is 128 cm³/mol. The highest BCUT2D eigenvalue weighted by Crippen LogP contribution is 2.39. The van der Waals surface area contributed by atoms with Crippen LogP contribution in [0.25, 0.3) is 22.3 Å². The molecule has 0 aromatic heterocycles. The quantitative estimate of drug-likeness (QED) is 0.349. The summed E-state index contributed by atoms with van der Waals surface area (Å²) in [7, 11) is -3.78. The highest BCUT2D eigenvalue weighted by atomic mass is 32.2. The summed E-state index contributed by atoms with van der Waals surface area (Å²) < 4.78 is 28.5. The summed E-state index contributed by atoms with van der Waals surface area (Å²) in [6, 6.07) is 27.4. The van der Waals surface area contributed by atoms with Gasteiger partial charge in [0.2, 0.25) is 9.84 Å². The van der Waals surface area contributed by atoms with Gasteiger partial charge in [0.15, 0.2) is 0 Å². The third kappa shape index (κ3) is 3.94. The second-order valence-electron chi connectivity index (χ2n) is 8.15. The molecule has 0 N–H and O–H groups in total. The molecule has 0 spiro atoms. The number of rotatable bonds is 4. The van der Waals surface area contributed by atoms with Gasteiger partial charge in [-0.1, -0.05) is 96.1 Å². The summed E-state index contributed by atoms with van der Waals surface area (Å²) in [6.07, 6.45) is 0. The molecule has 0 aliphatic rings. The van der Waals surface area contributed by atoms with E-state index in [0.29, 0.717) is 9.79 Å². The first kappa shape index (κ1) is 21.1. The van der Waals surface area contributed by atoms with Crippen LogP contribution < -0.4 is 0 Å². The van der Waals surface area contributed by atoms with E-state index in [4.69, 9.17) is 0 Å². The molecule has 0 fully saturated rings. The Morgan fingerprint density at radius 2 is 0.903 bits per heavy atom. The summed E-state index contributed by atoms with van der Waals surface area (Å²) >= 11 is 0. The minimum Gasteiger partial charge on any atom is -0.218 e. The minimum atomic E-state index is -3.78. The van der Waals surface area contributed by atoms with Gasteiger partial charge in [-0.2, -0.15) is 0 Å². The van der Waals surface area contributed by atoms with E-state index in [9.17, 15) is 8.42 Å². The van der Waals surface area contributed by atoms with Crippen LogP contribution in [0.1, 0.15) is 22.3 Å². The maximum absolute atomic E-state index is 14.2. The molecule has 0 saturated carbocycles. The van der Waals surface area contributed by atoms with Gasteiger partial charge < -0.3 is 0 Å². The van der Waals surface area contributed by atoms with Crippen LogP contribution in [0.3, 0.4) is 0 Å². The molecule has 0 heterocycles. The van der Waals surface area contributed by atoms with Crippen molar-refractivity contribution in [2.75, 3.05) is 0 Å². The second-order valence-corrected chi connectivity index (χ2v) is 9.97. The van der Waals surface area contributed by atoms with E-state index in [1.54, 1.807) is 0 Å².